The number of rotatable bonds is 5. The first kappa shape index (κ1) is 26.5. The summed E-state index contributed by atoms with van der Waals surface area (Å²) >= 11 is 2.77. The second kappa shape index (κ2) is 9.73. The third-order valence-electron chi connectivity index (χ3n) is 10.5. The molecule has 46 heavy (non-hydrogen) atoms. The molecule has 0 spiro atoms. The Bertz CT molecular complexity index is 2740. The molecule has 0 bridgehead atoms. The topological polar surface area (TPSA) is 22.5 Å². The summed E-state index contributed by atoms with van der Waals surface area (Å²) in [5.74, 6) is 1.96. The molecule has 11 rings (SSSR count). The van der Waals surface area contributed by atoms with Crippen molar-refractivity contribution in [3.63, 3.8) is 0 Å². The summed E-state index contributed by atoms with van der Waals surface area (Å²) in [6.07, 6.45) is 9.33. The molecule has 2 aliphatic rings. The maximum absolute atomic E-state index is 6.49. The molecule has 1 unspecified atom stereocenters. The first-order valence-electron chi connectivity index (χ1n) is 16.3. The van der Waals surface area contributed by atoms with E-state index in [0.29, 0.717) is 0 Å². The molecule has 1 fully saturated rings. The molecular formula is C41H29I2N2O-. The van der Waals surface area contributed by atoms with Crippen LogP contribution in [0.15, 0.2) is 101 Å². The third-order valence-corrected chi connectivity index (χ3v) is 16.7. The van der Waals surface area contributed by atoms with Crippen LogP contribution in [0.3, 0.4) is 0 Å². The fourth-order valence-electron chi connectivity index (χ4n) is 8.35. The minimum atomic E-state index is -0.00836. The van der Waals surface area contributed by atoms with Crippen molar-refractivity contribution in [2.45, 2.75) is 32.2 Å². The average Bonchev–Trinajstić information content (AvgIpc) is 3.73. The molecule has 1 saturated carbocycles. The van der Waals surface area contributed by atoms with Crippen LogP contribution in [0.1, 0.15) is 30.6 Å². The Morgan fingerprint density at radius 1 is 0.739 bits per heavy atom. The molecule has 2 aliphatic carbocycles. The van der Waals surface area contributed by atoms with Crippen LogP contribution in [0, 0.1) is 5.92 Å². The molecule has 0 amide bonds. The molecule has 5 aromatic carbocycles. The van der Waals surface area contributed by atoms with Gasteiger partial charge in [-0.3, -0.25) is 0 Å². The number of nitrogens with zero attached hydrogens (tertiary/aromatic N) is 2. The molecule has 0 radical (unpaired) electrons. The molecule has 0 saturated heterocycles. The van der Waals surface area contributed by atoms with Gasteiger partial charge in [0.2, 0.25) is 0 Å². The number of fused-ring (bicyclic) bond motifs is 9. The summed E-state index contributed by atoms with van der Waals surface area (Å²) in [6.45, 7) is 0. The standard InChI is InChI=1S/C41H29I2N2O/c42-41(23-19-20-23)43-22-44-32-16-7-12-25-24-9-1-4-14-30(24)45-31-15-5-2-10-27(31)37-29(21-33(44)39(38(25)32)40(37)45)26-13-8-18-35-36(26)28-11-3-6-17-34(28)46-35/h1-2,4-10,12-18,21,23,41H,3,11,19-20,22H2/q-1. The number of benzene rings is 5. The van der Waals surface area contributed by atoms with Gasteiger partial charge in [-0.15, -0.1) is 0 Å². The van der Waals surface area contributed by atoms with E-state index in [-0.39, 0.29) is 21.2 Å². The number of aromatic nitrogens is 2. The van der Waals surface area contributed by atoms with Gasteiger partial charge in [0.1, 0.15) is 0 Å². The Morgan fingerprint density at radius 2 is 1.50 bits per heavy atom. The minimum absolute atomic E-state index is 0.00836. The van der Waals surface area contributed by atoms with Crippen LogP contribution < -0.4 is 21.2 Å². The summed E-state index contributed by atoms with van der Waals surface area (Å²) in [7, 11) is 0. The molecule has 4 aromatic heterocycles. The van der Waals surface area contributed by atoms with Crippen molar-refractivity contribution in [1.82, 2.24) is 8.97 Å². The molecular weight excluding hydrogens is 790 g/mol. The zero-order valence-electron chi connectivity index (χ0n) is 25.1. The Kier molecular flexibility index (Phi) is 5.61. The van der Waals surface area contributed by atoms with Gasteiger partial charge in [-0.1, -0.05) is 0 Å². The van der Waals surface area contributed by atoms with E-state index in [0.717, 1.165) is 36.6 Å². The quantitative estimate of drug-likeness (QED) is 0.126. The van der Waals surface area contributed by atoms with Crippen molar-refractivity contribution in [2.75, 3.05) is 0 Å². The van der Waals surface area contributed by atoms with Crippen molar-refractivity contribution in [2.24, 2.45) is 5.92 Å². The molecule has 0 aliphatic heterocycles. The number of hydrogen-bond donors (Lipinski definition) is 0. The van der Waals surface area contributed by atoms with Gasteiger partial charge >= 0.3 is 292 Å². The monoisotopic (exact) mass is 819 g/mol. The van der Waals surface area contributed by atoms with E-state index < -0.39 is 0 Å². The van der Waals surface area contributed by atoms with Crippen LogP contribution in [-0.2, 0) is 11.0 Å². The van der Waals surface area contributed by atoms with Crippen LogP contribution in [0.25, 0.3) is 88.1 Å². The zero-order valence-corrected chi connectivity index (χ0v) is 29.4. The van der Waals surface area contributed by atoms with Gasteiger partial charge in [0, 0.05) is 0 Å². The second-order valence-electron chi connectivity index (χ2n) is 13.0. The van der Waals surface area contributed by atoms with Crippen molar-refractivity contribution in [3.05, 3.63) is 108 Å². The Balaban J connectivity index is 1.38. The molecule has 224 valence electrons. The number of aryl methyl sites for hydroxylation is 1. The van der Waals surface area contributed by atoms with Crippen molar-refractivity contribution in [3.8, 4) is 11.1 Å². The molecule has 0 N–H and O–H groups in total. The molecule has 9 aromatic rings. The van der Waals surface area contributed by atoms with Gasteiger partial charge < -0.3 is 0 Å². The summed E-state index contributed by atoms with van der Waals surface area (Å²) < 4.78 is 13.8. The first-order chi connectivity index (χ1) is 22.8. The van der Waals surface area contributed by atoms with Gasteiger partial charge in [-0.2, -0.15) is 0 Å². The van der Waals surface area contributed by atoms with Crippen LogP contribution in [0.2, 0.25) is 0 Å². The number of hydrogen-bond acceptors (Lipinski definition) is 1. The molecule has 4 heterocycles. The first-order valence-corrected chi connectivity index (χ1v) is 20.3. The van der Waals surface area contributed by atoms with E-state index >= 15 is 0 Å². The van der Waals surface area contributed by atoms with Crippen molar-refractivity contribution >= 4 is 99.5 Å². The van der Waals surface area contributed by atoms with E-state index in [1.54, 1.807) is 0 Å². The average molecular weight is 820 g/mol. The Labute approximate surface area is 289 Å². The predicted octanol–water partition coefficient (Wildman–Crippen LogP) is 8.53. The number of furan rings is 1. The summed E-state index contributed by atoms with van der Waals surface area (Å²) in [6, 6.07) is 34.4. The van der Waals surface area contributed by atoms with Gasteiger partial charge in [0.05, 0.1) is 0 Å². The number of para-hydroxylation sites is 2. The van der Waals surface area contributed by atoms with E-state index in [9.17, 15) is 0 Å². The van der Waals surface area contributed by atoms with Crippen LogP contribution in [-0.4, -0.2) is 10.9 Å². The number of halogens is 2. The number of alkyl halides is 3. The Hall–Kier alpha value is -3.56. The fraction of sp³-hybridized carbons (Fsp3) is 0.171. The maximum atomic E-state index is 6.49. The predicted molar refractivity (Wildman–Crippen MR) is 197 cm³/mol. The number of allylic oxidation sites excluding steroid dienone is 1. The molecule has 1 atom stereocenters. The summed E-state index contributed by atoms with van der Waals surface area (Å²) in [4.78, 5) is 0. The van der Waals surface area contributed by atoms with E-state index in [1.165, 1.54) is 94.8 Å². The van der Waals surface area contributed by atoms with E-state index in [1.807, 2.05) is 0 Å². The van der Waals surface area contributed by atoms with Gasteiger partial charge in [-0.25, -0.2) is 0 Å². The van der Waals surface area contributed by atoms with Crippen LogP contribution in [0.5, 0.6) is 0 Å². The van der Waals surface area contributed by atoms with Crippen LogP contribution >= 0.6 is 22.6 Å². The van der Waals surface area contributed by atoms with Crippen molar-refractivity contribution < 1.29 is 25.6 Å². The normalized spacial score (nSPS) is 16.0. The van der Waals surface area contributed by atoms with Gasteiger partial charge in [0.15, 0.2) is 0 Å². The Morgan fingerprint density at radius 3 is 2.37 bits per heavy atom. The van der Waals surface area contributed by atoms with Gasteiger partial charge in [-0.05, 0) is 0 Å². The third kappa shape index (κ3) is 3.53. The fourth-order valence-corrected chi connectivity index (χ4v) is 13.0. The van der Waals surface area contributed by atoms with Crippen molar-refractivity contribution in [1.29, 1.82) is 0 Å². The molecule has 5 heteroatoms. The second-order valence-corrected chi connectivity index (χ2v) is 19.7. The van der Waals surface area contributed by atoms with E-state index in [4.69, 9.17) is 4.42 Å². The SMILES string of the molecule is IC([I-]Cn1c2cccc3c4ccccc4n4c5ccccc5c5c(-c6cccc7oc8c(c67)CCC=C8)cc1c(c32)c54)C1CC1. The molecule has 3 nitrogen and oxygen atoms in total. The summed E-state index contributed by atoms with van der Waals surface area (Å²) in [5.41, 5.74) is 11.6. The zero-order chi connectivity index (χ0) is 30.1. The van der Waals surface area contributed by atoms with E-state index in [2.05, 4.69) is 135 Å². The summed E-state index contributed by atoms with van der Waals surface area (Å²) in [5, 5.41) is 9.42. The van der Waals surface area contributed by atoms with Gasteiger partial charge in [0.25, 0.3) is 0 Å². The van der Waals surface area contributed by atoms with Crippen LogP contribution in [0.4, 0.5) is 0 Å².